The van der Waals surface area contributed by atoms with E-state index in [0.717, 1.165) is 23.4 Å². The van der Waals surface area contributed by atoms with Gasteiger partial charge in [0.25, 0.3) is 0 Å². The summed E-state index contributed by atoms with van der Waals surface area (Å²) in [7, 11) is 0. The zero-order valence-corrected chi connectivity index (χ0v) is 10.7. The zero-order chi connectivity index (χ0) is 11.4. The second-order valence-electron chi connectivity index (χ2n) is 3.48. The highest BCUT2D eigenvalue weighted by atomic mass is 79.9. The minimum atomic E-state index is 0.811. The van der Waals surface area contributed by atoms with E-state index in [2.05, 4.69) is 56.1 Å². The Balaban J connectivity index is 2.05. The molecule has 0 saturated heterocycles. The Kier molecular flexibility index (Phi) is 3.62. The van der Waals surface area contributed by atoms with E-state index >= 15 is 0 Å². The highest BCUT2D eigenvalue weighted by Crippen LogP contribution is 2.19. The van der Waals surface area contributed by atoms with Crippen molar-refractivity contribution in [2.24, 2.45) is 0 Å². The van der Waals surface area contributed by atoms with Gasteiger partial charge in [-0.3, -0.25) is 0 Å². The van der Waals surface area contributed by atoms with Gasteiger partial charge in [-0.25, -0.2) is 4.98 Å². The van der Waals surface area contributed by atoms with Crippen LogP contribution >= 0.6 is 15.9 Å². The van der Waals surface area contributed by atoms with Crippen LogP contribution in [0.4, 0.5) is 5.69 Å². The molecule has 4 heteroatoms. The molecule has 0 unspecified atom stereocenters. The molecule has 0 aliphatic rings. The summed E-state index contributed by atoms with van der Waals surface area (Å²) in [4.78, 5) is 4.17. The molecule has 0 amide bonds. The van der Waals surface area contributed by atoms with Gasteiger partial charge >= 0.3 is 0 Å². The molecule has 3 nitrogen and oxygen atoms in total. The number of rotatable bonds is 4. The summed E-state index contributed by atoms with van der Waals surface area (Å²) in [6.07, 6.45) is 3.86. The van der Waals surface area contributed by atoms with Gasteiger partial charge in [0.15, 0.2) is 0 Å². The molecule has 0 aromatic carbocycles. The fourth-order valence-corrected chi connectivity index (χ4v) is 2.01. The first kappa shape index (κ1) is 11.2. The number of pyridine rings is 1. The fourth-order valence-electron chi connectivity index (χ4n) is 1.62. The van der Waals surface area contributed by atoms with Crippen molar-refractivity contribution in [3.8, 4) is 0 Å². The summed E-state index contributed by atoms with van der Waals surface area (Å²) in [6.45, 7) is 3.95. The van der Waals surface area contributed by atoms with Crippen molar-refractivity contribution < 1.29 is 0 Å². The molecule has 0 radical (unpaired) electrons. The van der Waals surface area contributed by atoms with Crippen LogP contribution in [-0.2, 0) is 13.1 Å². The number of nitrogens with one attached hydrogen (secondary N) is 1. The average Bonchev–Trinajstić information content (AvgIpc) is 2.75. The maximum absolute atomic E-state index is 4.17. The maximum Gasteiger partial charge on any atom is 0.129 e. The van der Waals surface area contributed by atoms with Crippen molar-refractivity contribution in [2.75, 3.05) is 5.32 Å². The molecule has 2 aromatic rings. The molecular weight excluding hydrogens is 266 g/mol. The Bertz CT molecular complexity index is 465. The van der Waals surface area contributed by atoms with Crippen LogP contribution in [0.3, 0.4) is 0 Å². The maximum atomic E-state index is 4.17. The van der Waals surface area contributed by atoms with Gasteiger partial charge in [-0.15, -0.1) is 0 Å². The topological polar surface area (TPSA) is 29.9 Å². The van der Waals surface area contributed by atoms with Gasteiger partial charge in [-0.2, -0.15) is 0 Å². The van der Waals surface area contributed by atoms with Crippen molar-refractivity contribution in [1.29, 1.82) is 0 Å². The first-order chi connectivity index (χ1) is 7.81. The van der Waals surface area contributed by atoms with Crippen LogP contribution in [0, 0.1) is 0 Å². The predicted molar refractivity (Wildman–Crippen MR) is 69.4 cm³/mol. The minimum Gasteiger partial charge on any atom is -0.377 e. The van der Waals surface area contributed by atoms with Crippen molar-refractivity contribution >= 4 is 21.6 Å². The summed E-state index contributed by atoms with van der Waals surface area (Å²) in [6, 6.07) is 8.13. The Morgan fingerprint density at radius 1 is 1.38 bits per heavy atom. The molecule has 2 aromatic heterocycles. The number of aromatic nitrogens is 2. The Hall–Kier alpha value is -1.29. The molecule has 2 heterocycles. The van der Waals surface area contributed by atoms with E-state index in [0.29, 0.717) is 0 Å². The molecule has 0 spiro atoms. The first-order valence-electron chi connectivity index (χ1n) is 5.29. The van der Waals surface area contributed by atoms with Crippen LogP contribution in [0.15, 0.2) is 41.3 Å². The van der Waals surface area contributed by atoms with E-state index in [1.54, 1.807) is 6.20 Å². The Labute approximate surface area is 104 Å². The second kappa shape index (κ2) is 5.16. The third kappa shape index (κ3) is 2.44. The van der Waals surface area contributed by atoms with E-state index in [1.807, 2.05) is 12.1 Å². The molecule has 0 aliphatic heterocycles. The van der Waals surface area contributed by atoms with Gasteiger partial charge in [0.2, 0.25) is 0 Å². The van der Waals surface area contributed by atoms with Crippen LogP contribution in [0.25, 0.3) is 0 Å². The lowest BCUT2D eigenvalue weighted by molar-refractivity contribution is 0.724. The van der Waals surface area contributed by atoms with Gasteiger partial charge in [0, 0.05) is 24.6 Å². The van der Waals surface area contributed by atoms with Crippen LogP contribution in [0.2, 0.25) is 0 Å². The standard InChI is InChI=1S/C12H14BrN3/c1-2-16-8-4-5-10(16)9-15-11-6-3-7-14-12(11)13/h3-8,15H,2,9H2,1H3. The fraction of sp³-hybridized carbons (Fsp3) is 0.250. The SMILES string of the molecule is CCn1cccc1CNc1cccnc1Br. The Morgan fingerprint density at radius 2 is 2.25 bits per heavy atom. The smallest absolute Gasteiger partial charge is 0.129 e. The first-order valence-corrected chi connectivity index (χ1v) is 6.09. The third-order valence-electron chi connectivity index (χ3n) is 2.48. The van der Waals surface area contributed by atoms with Crippen LogP contribution < -0.4 is 5.32 Å². The monoisotopic (exact) mass is 279 g/mol. The van der Waals surface area contributed by atoms with E-state index in [4.69, 9.17) is 0 Å². The van der Waals surface area contributed by atoms with Crippen molar-refractivity contribution in [3.05, 3.63) is 47.0 Å². The molecule has 0 aliphatic carbocycles. The van der Waals surface area contributed by atoms with Crippen molar-refractivity contribution in [2.45, 2.75) is 20.0 Å². The summed E-state index contributed by atoms with van der Waals surface area (Å²) in [5.74, 6) is 0. The molecular formula is C12H14BrN3. The number of anilines is 1. The average molecular weight is 280 g/mol. The number of hydrogen-bond donors (Lipinski definition) is 1. The van der Waals surface area contributed by atoms with Crippen LogP contribution in [-0.4, -0.2) is 9.55 Å². The lowest BCUT2D eigenvalue weighted by Crippen LogP contribution is -2.06. The molecule has 1 N–H and O–H groups in total. The zero-order valence-electron chi connectivity index (χ0n) is 9.15. The van der Waals surface area contributed by atoms with Gasteiger partial charge < -0.3 is 9.88 Å². The summed E-state index contributed by atoms with van der Waals surface area (Å²) >= 11 is 3.42. The van der Waals surface area contributed by atoms with Crippen LogP contribution in [0.1, 0.15) is 12.6 Å². The molecule has 84 valence electrons. The van der Waals surface area contributed by atoms with Crippen LogP contribution in [0.5, 0.6) is 0 Å². The summed E-state index contributed by atoms with van der Waals surface area (Å²) in [5.41, 5.74) is 2.30. The van der Waals surface area contributed by atoms with E-state index < -0.39 is 0 Å². The normalized spacial score (nSPS) is 10.4. The van der Waals surface area contributed by atoms with E-state index in [9.17, 15) is 0 Å². The highest BCUT2D eigenvalue weighted by Gasteiger charge is 2.01. The molecule has 0 fully saturated rings. The van der Waals surface area contributed by atoms with Gasteiger partial charge in [0.1, 0.15) is 4.60 Å². The third-order valence-corrected chi connectivity index (χ3v) is 3.12. The summed E-state index contributed by atoms with van der Waals surface area (Å²) in [5, 5.41) is 3.36. The molecule has 0 saturated carbocycles. The van der Waals surface area contributed by atoms with Gasteiger partial charge in [0.05, 0.1) is 12.2 Å². The molecule has 2 rings (SSSR count). The quantitative estimate of drug-likeness (QED) is 0.871. The molecule has 0 atom stereocenters. The number of halogens is 1. The van der Waals surface area contributed by atoms with Gasteiger partial charge in [-0.05, 0) is 47.1 Å². The number of hydrogen-bond acceptors (Lipinski definition) is 2. The molecule has 0 bridgehead atoms. The lowest BCUT2D eigenvalue weighted by Gasteiger charge is -2.09. The molecule has 16 heavy (non-hydrogen) atoms. The van der Waals surface area contributed by atoms with Gasteiger partial charge in [-0.1, -0.05) is 0 Å². The number of nitrogens with zero attached hydrogens (tertiary/aromatic N) is 2. The Morgan fingerprint density at radius 3 is 3.00 bits per heavy atom. The van der Waals surface area contributed by atoms with Crippen molar-refractivity contribution in [3.63, 3.8) is 0 Å². The minimum absolute atomic E-state index is 0.811. The summed E-state index contributed by atoms with van der Waals surface area (Å²) < 4.78 is 3.07. The second-order valence-corrected chi connectivity index (χ2v) is 4.23. The predicted octanol–water partition coefficient (Wildman–Crippen LogP) is 3.28. The van der Waals surface area contributed by atoms with E-state index in [1.165, 1.54) is 5.69 Å². The number of aryl methyl sites for hydroxylation is 1. The lowest BCUT2D eigenvalue weighted by atomic mass is 10.3. The largest absolute Gasteiger partial charge is 0.377 e. The van der Waals surface area contributed by atoms with E-state index in [-0.39, 0.29) is 0 Å². The van der Waals surface area contributed by atoms with Crippen molar-refractivity contribution in [1.82, 2.24) is 9.55 Å². The highest BCUT2D eigenvalue weighted by molar-refractivity contribution is 9.10.